The molecule has 358 valence electrons. The van der Waals surface area contributed by atoms with Gasteiger partial charge < -0.3 is 39.0 Å². The molecule has 1 heterocycles. The Kier molecular flexibility index (Phi) is 36.6. The average molecular weight is 871 g/mol. The summed E-state index contributed by atoms with van der Waals surface area (Å²) in [5, 5.41) is 31.2. The van der Waals surface area contributed by atoms with Crippen molar-refractivity contribution in [2.45, 2.75) is 276 Å². The number of rotatable bonds is 42. The van der Waals surface area contributed by atoms with Crippen LogP contribution in [-0.2, 0) is 42.9 Å². The van der Waals surface area contributed by atoms with Gasteiger partial charge in [0.1, 0.15) is 18.8 Å². The molecule has 0 saturated carbocycles. The molecule has 6 atom stereocenters. The molecule has 0 aromatic carbocycles. The smallest absolute Gasteiger partial charge is 0.335 e. The fraction of sp³-hybridized carbons (Fsp3) is 0.918. The molecule has 0 bridgehead atoms. The average Bonchev–Trinajstić information content (AvgIpc) is 3.24. The summed E-state index contributed by atoms with van der Waals surface area (Å²) in [6.07, 6.45) is 25.4. The van der Waals surface area contributed by atoms with Crippen LogP contribution in [0.2, 0.25) is 0 Å². The number of hydrogen-bond acceptors (Lipinski definition) is 11. The van der Waals surface area contributed by atoms with E-state index in [0.717, 1.165) is 64.2 Å². The van der Waals surface area contributed by atoms with Gasteiger partial charge in [-0.05, 0) is 19.3 Å². The third kappa shape index (κ3) is 30.4. The van der Waals surface area contributed by atoms with Gasteiger partial charge in [-0.2, -0.15) is 0 Å². The Morgan fingerprint density at radius 1 is 0.475 bits per heavy atom. The second-order valence-electron chi connectivity index (χ2n) is 17.5. The zero-order valence-corrected chi connectivity index (χ0v) is 38.9. The summed E-state index contributed by atoms with van der Waals surface area (Å²) in [6.45, 7) is 5.93. The summed E-state index contributed by atoms with van der Waals surface area (Å²) in [6, 6.07) is 0. The molecule has 1 aliphatic heterocycles. The summed E-state index contributed by atoms with van der Waals surface area (Å²) in [4.78, 5) is 50.5. The van der Waals surface area contributed by atoms with Gasteiger partial charge in [-0.15, -0.1) is 0 Å². The van der Waals surface area contributed by atoms with Crippen molar-refractivity contribution in [1.29, 1.82) is 0 Å². The minimum Gasteiger partial charge on any atom is -0.479 e. The van der Waals surface area contributed by atoms with Gasteiger partial charge in [-0.3, -0.25) is 14.4 Å². The van der Waals surface area contributed by atoms with Crippen LogP contribution in [0.3, 0.4) is 0 Å². The van der Waals surface area contributed by atoms with E-state index in [9.17, 15) is 34.5 Å². The quantitative estimate of drug-likeness (QED) is 0.0301. The van der Waals surface area contributed by atoms with Crippen molar-refractivity contribution in [1.82, 2.24) is 0 Å². The second kappa shape index (κ2) is 39.3. The third-order valence-electron chi connectivity index (χ3n) is 11.7. The molecule has 6 unspecified atom stereocenters. The number of ether oxygens (including phenoxy) is 5. The molecule has 1 aliphatic rings. The van der Waals surface area contributed by atoms with Crippen molar-refractivity contribution >= 4 is 23.9 Å². The Labute approximate surface area is 370 Å². The van der Waals surface area contributed by atoms with Gasteiger partial charge in [0.2, 0.25) is 0 Å². The van der Waals surface area contributed by atoms with E-state index in [4.69, 9.17) is 23.7 Å². The zero-order chi connectivity index (χ0) is 44.8. The van der Waals surface area contributed by atoms with Crippen LogP contribution in [0.25, 0.3) is 0 Å². The summed E-state index contributed by atoms with van der Waals surface area (Å²) in [5.41, 5.74) is 0. The first-order valence-electron chi connectivity index (χ1n) is 25.0. The molecule has 1 saturated heterocycles. The van der Waals surface area contributed by atoms with Gasteiger partial charge in [-0.1, -0.05) is 201 Å². The van der Waals surface area contributed by atoms with E-state index < -0.39 is 67.3 Å². The minimum atomic E-state index is -1.89. The number of unbranched alkanes of at least 4 members (excludes halogenated alkanes) is 28. The van der Waals surface area contributed by atoms with Gasteiger partial charge in [0.05, 0.1) is 6.61 Å². The fourth-order valence-electron chi connectivity index (χ4n) is 7.78. The van der Waals surface area contributed by atoms with Crippen molar-refractivity contribution in [2.75, 3.05) is 13.2 Å². The maximum absolute atomic E-state index is 13.0. The Bertz CT molecular complexity index is 1090. The van der Waals surface area contributed by atoms with Crippen LogP contribution < -0.4 is 0 Å². The Hall–Kier alpha value is -2.28. The molecular weight excluding hydrogens is 781 g/mol. The van der Waals surface area contributed by atoms with Crippen LogP contribution >= 0.6 is 0 Å². The molecule has 1 rings (SSSR count). The Morgan fingerprint density at radius 2 is 0.836 bits per heavy atom. The van der Waals surface area contributed by atoms with Crippen LogP contribution in [0.1, 0.15) is 239 Å². The molecule has 61 heavy (non-hydrogen) atoms. The molecule has 3 N–H and O–H groups in total. The van der Waals surface area contributed by atoms with Gasteiger partial charge in [0.25, 0.3) is 0 Å². The number of hydrogen-bond donors (Lipinski definition) is 3. The van der Waals surface area contributed by atoms with Gasteiger partial charge in [0, 0.05) is 19.3 Å². The number of esters is 3. The molecule has 12 nitrogen and oxygen atoms in total. The molecule has 0 aromatic heterocycles. The van der Waals surface area contributed by atoms with E-state index in [1.807, 2.05) is 0 Å². The number of carbonyl (C=O) groups excluding carboxylic acids is 3. The fourth-order valence-corrected chi connectivity index (χ4v) is 7.78. The Morgan fingerprint density at radius 3 is 1.23 bits per heavy atom. The monoisotopic (exact) mass is 871 g/mol. The van der Waals surface area contributed by atoms with Crippen molar-refractivity contribution in [2.24, 2.45) is 0 Å². The van der Waals surface area contributed by atoms with E-state index in [1.54, 1.807) is 0 Å². The highest BCUT2D eigenvalue weighted by molar-refractivity contribution is 5.74. The molecule has 1 fully saturated rings. The second-order valence-corrected chi connectivity index (χ2v) is 17.5. The van der Waals surface area contributed by atoms with Gasteiger partial charge >= 0.3 is 23.9 Å². The maximum atomic E-state index is 13.0. The number of aliphatic carboxylic acids is 1. The minimum absolute atomic E-state index is 0.0690. The van der Waals surface area contributed by atoms with Crippen LogP contribution in [0.4, 0.5) is 0 Å². The summed E-state index contributed by atoms with van der Waals surface area (Å²) in [7, 11) is 0. The summed E-state index contributed by atoms with van der Waals surface area (Å²) >= 11 is 0. The Balaban J connectivity index is 2.74. The first kappa shape index (κ1) is 56.7. The molecule has 0 aliphatic carbocycles. The molecule has 12 heteroatoms. The number of aliphatic hydroxyl groups is 2. The van der Waals surface area contributed by atoms with E-state index in [2.05, 4.69) is 20.8 Å². The van der Waals surface area contributed by atoms with Crippen molar-refractivity contribution in [3.05, 3.63) is 0 Å². The maximum Gasteiger partial charge on any atom is 0.335 e. The van der Waals surface area contributed by atoms with Crippen LogP contribution in [-0.4, -0.2) is 89.2 Å². The molecule has 0 radical (unpaired) electrons. The van der Waals surface area contributed by atoms with E-state index in [1.165, 1.54) is 116 Å². The van der Waals surface area contributed by atoms with Crippen LogP contribution in [0, 0.1) is 0 Å². The molecule has 0 aromatic rings. The van der Waals surface area contributed by atoms with Crippen molar-refractivity contribution in [3.8, 4) is 0 Å². The lowest BCUT2D eigenvalue weighted by Crippen LogP contribution is -2.61. The zero-order valence-electron chi connectivity index (χ0n) is 38.9. The largest absolute Gasteiger partial charge is 0.479 e. The molecular formula is C49H90O12. The predicted molar refractivity (Wildman–Crippen MR) is 239 cm³/mol. The highest BCUT2D eigenvalue weighted by Crippen LogP contribution is 2.26. The normalized spacial score (nSPS) is 19.4. The highest BCUT2D eigenvalue weighted by atomic mass is 16.7. The van der Waals surface area contributed by atoms with Crippen LogP contribution in [0.15, 0.2) is 0 Å². The number of carboxylic acids is 1. The van der Waals surface area contributed by atoms with Gasteiger partial charge in [-0.25, -0.2) is 4.79 Å². The summed E-state index contributed by atoms with van der Waals surface area (Å²) in [5.74, 6) is -3.09. The third-order valence-corrected chi connectivity index (χ3v) is 11.7. The molecule has 0 spiro atoms. The van der Waals surface area contributed by atoms with Gasteiger partial charge in [0.15, 0.2) is 24.6 Å². The topological polar surface area (TPSA) is 175 Å². The predicted octanol–water partition coefficient (Wildman–Crippen LogP) is 11.2. The first-order valence-corrected chi connectivity index (χ1v) is 25.0. The van der Waals surface area contributed by atoms with Crippen molar-refractivity contribution < 1.29 is 58.2 Å². The van der Waals surface area contributed by atoms with E-state index >= 15 is 0 Å². The number of carboxylic acid groups (broad SMARTS) is 1. The van der Waals surface area contributed by atoms with E-state index in [0.29, 0.717) is 19.3 Å². The lowest BCUT2D eigenvalue weighted by molar-refractivity contribution is -0.301. The first-order chi connectivity index (χ1) is 29.6. The summed E-state index contributed by atoms with van der Waals surface area (Å²) < 4.78 is 28.2. The SMILES string of the molecule is CCCCCCCCCCCCCC(=O)OCC(COC1OC(C(=O)O)C(O)C(O)C1OC(=O)CCCCCCCCCCCCC)OC(=O)CCCCCCCCCCC. The highest BCUT2D eigenvalue weighted by Gasteiger charge is 2.50. The molecule has 0 amide bonds. The van der Waals surface area contributed by atoms with Crippen molar-refractivity contribution in [3.63, 3.8) is 0 Å². The van der Waals surface area contributed by atoms with Crippen LogP contribution in [0.5, 0.6) is 0 Å². The standard InChI is InChI=1S/C49H90O12/c1-4-7-10-13-16-19-21-24-26-29-32-35-41(50)57-38-40(59-42(51)36-33-30-27-23-18-15-12-9-6-3)39-58-49-47(45(54)44(53)46(61-49)48(55)56)60-43(52)37-34-31-28-25-22-20-17-14-11-8-5-2/h40,44-47,49,53-54H,4-39H2,1-3H3,(H,55,56). The van der Waals surface area contributed by atoms with E-state index in [-0.39, 0.29) is 25.9 Å². The number of aliphatic hydroxyl groups excluding tert-OH is 2. The number of carbonyl (C=O) groups is 4. The lowest BCUT2D eigenvalue weighted by atomic mass is 9.98. The lowest BCUT2D eigenvalue weighted by Gasteiger charge is -2.40.